The van der Waals surface area contributed by atoms with Gasteiger partial charge in [0.1, 0.15) is 11.5 Å². The Morgan fingerprint density at radius 3 is 2.43 bits per heavy atom. The van der Waals surface area contributed by atoms with Crippen LogP contribution >= 0.6 is 0 Å². The highest BCUT2D eigenvalue weighted by Gasteiger charge is 2.27. The summed E-state index contributed by atoms with van der Waals surface area (Å²) in [4.78, 5) is 12.9. The van der Waals surface area contributed by atoms with Gasteiger partial charge in [-0.3, -0.25) is 0 Å². The first kappa shape index (κ1) is 15.1. The zero-order valence-corrected chi connectivity index (χ0v) is 12.6. The molecule has 6 nitrogen and oxygen atoms in total. The molecule has 2 heterocycles. The van der Waals surface area contributed by atoms with Crippen LogP contribution in [0.4, 0.5) is 4.79 Å². The first-order valence-electron chi connectivity index (χ1n) is 7.60. The molecule has 1 unspecified atom stereocenters. The molecule has 1 atom stereocenters. The molecule has 1 amide bonds. The highest BCUT2D eigenvalue weighted by atomic mass is 16.5. The minimum atomic E-state index is -0.870. The van der Waals surface area contributed by atoms with E-state index in [1.54, 1.807) is 12.1 Å². The minimum absolute atomic E-state index is 0.0913. The Hall–Kier alpha value is -2.76. The molecule has 1 aromatic heterocycles. The van der Waals surface area contributed by atoms with Crippen LogP contribution < -0.4 is 9.47 Å². The average molecular weight is 314 g/mol. The smallest absolute Gasteiger partial charge is 0.407 e. The molecule has 1 saturated heterocycles. The number of carboxylic acid groups (broad SMARTS) is 1. The molecule has 0 spiro atoms. The van der Waals surface area contributed by atoms with Crippen LogP contribution in [0.3, 0.4) is 0 Å². The first-order chi connectivity index (χ1) is 11.1. The third-order valence-electron chi connectivity index (χ3n) is 4.02. The fourth-order valence-corrected chi connectivity index (χ4v) is 2.87. The molecule has 3 rings (SSSR count). The maximum absolute atomic E-state index is 11.3. The van der Waals surface area contributed by atoms with Crippen molar-refractivity contribution in [3.63, 3.8) is 0 Å². The lowest BCUT2D eigenvalue weighted by atomic mass is 9.95. The molecule has 1 fully saturated rings. The predicted molar refractivity (Wildman–Crippen MR) is 83.2 cm³/mol. The van der Waals surface area contributed by atoms with E-state index in [-0.39, 0.29) is 6.04 Å². The fourth-order valence-electron chi connectivity index (χ4n) is 2.87. The van der Waals surface area contributed by atoms with Crippen LogP contribution in [0.2, 0.25) is 0 Å². The van der Waals surface area contributed by atoms with E-state index in [4.69, 9.17) is 4.74 Å². The normalized spacial score (nSPS) is 17.7. The molecule has 120 valence electrons. The Bertz CT molecular complexity index is 670. The molecule has 6 heteroatoms. The van der Waals surface area contributed by atoms with Crippen LogP contribution in [0.25, 0.3) is 0 Å². The molecule has 1 N–H and O–H groups in total. The molecule has 23 heavy (non-hydrogen) atoms. The number of likely N-dealkylation sites (tertiary alicyclic amines) is 1. The third kappa shape index (κ3) is 3.53. The van der Waals surface area contributed by atoms with Crippen LogP contribution in [0.5, 0.6) is 11.5 Å². The molecule has 0 radical (unpaired) electrons. The van der Waals surface area contributed by atoms with Gasteiger partial charge in [0.15, 0.2) is 12.4 Å². The number of benzene rings is 1. The molecule has 0 saturated carbocycles. The van der Waals surface area contributed by atoms with Gasteiger partial charge in [0.05, 0.1) is 6.04 Å². The standard InChI is InChI=1S/C17H18N2O4/c20-17(21)19-10-2-1-3-16(19)13-4-6-14(7-5-13)23-15-8-11-18(22)12-9-15/h4-9,11-12,16H,1-3,10H2,(H,20,21). The molecule has 0 aliphatic carbocycles. The van der Waals surface area contributed by atoms with Crippen LogP contribution in [-0.2, 0) is 0 Å². The van der Waals surface area contributed by atoms with Crippen LogP contribution in [0, 0.1) is 5.21 Å². The van der Waals surface area contributed by atoms with E-state index in [2.05, 4.69) is 0 Å². The van der Waals surface area contributed by atoms with Crippen molar-refractivity contribution in [3.8, 4) is 11.5 Å². The summed E-state index contributed by atoms with van der Waals surface area (Å²) in [6.45, 7) is 0.581. The molecule has 1 aromatic carbocycles. The van der Waals surface area contributed by atoms with Gasteiger partial charge in [-0.05, 0) is 37.0 Å². The van der Waals surface area contributed by atoms with Crippen molar-refractivity contribution in [2.45, 2.75) is 25.3 Å². The van der Waals surface area contributed by atoms with Gasteiger partial charge in [-0.15, -0.1) is 0 Å². The highest BCUT2D eigenvalue weighted by Crippen LogP contribution is 2.32. The van der Waals surface area contributed by atoms with Gasteiger partial charge in [0, 0.05) is 18.7 Å². The van der Waals surface area contributed by atoms with Gasteiger partial charge in [-0.1, -0.05) is 12.1 Å². The Morgan fingerprint density at radius 1 is 1.13 bits per heavy atom. The molecular formula is C17H18N2O4. The summed E-state index contributed by atoms with van der Waals surface area (Å²) < 4.78 is 6.36. The number of pyridine rings is 1. The van der Waals surface area contributed by atoms with Gasteiger partial charge in [0.25, 0.3) is 0 Å². The summed E-state index contributed by atoms with van der Waals surface area (Å²) in [5, 5.41) is 20.3. The summed E-state index contributed by atoms with van der Waals surface area (Å²) >= 11 is 0. The third-order valence-corrected chi connectivity index (χ3v) is 4.02. The fraction of sp³-hybridized carbons (Fsp3) is 0.294. The summed E-state index contributed by atoms with van der Waals surface area (Å²) in [6, 6.07) is 10.5. The lowest BCUT2D eigenvalue weighted by Gasteiger charge is -2.33. The quantitative estimate of drug-likeness (QED) is 0.696. The van der Waals surface area contributed by atoms with Crippen LogP contribution in [-0.4, -0.2) is 22.6 Å². The van der Waals surface area contributed by atoms with Crippen LogP contribution in [0.1, 0.15) is 30.9 Å². The second-order valence-corrected chi connectivity index (χ2v) is 5.55. The van der Waals surface area contributed by atoms with Crippen LogP contribution in [0.15, 0.2) is 48.8 Å². The Morgan fingerprint density at radius 2 is 1.78 bits per heavy atom. The highest BCUT2D eigenvalue weighted by molar-refractivity contribution is 5.66. The lowest BCUT2D eigenvalue weighted by molar-refractivity contribution is -0.605. The predicted octanol–water partition coefficient (Wildman–Crippen LogP) is 3.32. The van der Waals surface area contributed by atoms with Crippen molar-refractivity contribution in [2.75, 3.05) is 6.54 Å². The lowest BCUT2D eigenvalue weighted by Crippen LogP contribution is -2.37. The topological polar surface area (TPSA) is 76.7 Å². The number of piperidine rings is 1. The monoisotopic (exact) mass is 314 g/mol. The first-order valence-corrected chi connectivity index (χ1v) is 7.60. The number of hydrogen-bond acceptors (Lipinski definition) is 3. The maximum Gasteiger partial charge on any atom is 0.407 e. The average Bonchev–Trinajstić information content (AvgIpc) is 2.58. The number of amides is 1. The van der Waals surface area contributed by atoms with E-state index in [1.807, 2.05) is 24.3 Å². The summed E-state index contributed by atoms with van der Waals surface area (Å²) in [6.07, 6.45) is 4.66. The number of rotatable bonds is 3. The van der Waals surface area contributed by atoms with E-state index in [0.29, 0.717) is 22.8 Å². The Labute approximate surface area is 134 Å². The zero-order chi connectivity index (χ0) is 16.2. The second kappa shape index (κ2) is 6.56. The van der Waals surface area contributed by atoms with Crippen molar-refractivity contribution in [1.29, 1.82) is 0 Å². The van der Waals surface area contributed by atoms with Gasteiger partial charge in [-0.2, -0.15) is 4.73 Å². The molecule has 1 aliphatic rings. The summed E-state index contributed by atoms with van der Waals surface area (Å²) in [5.74, 6) is 1.23. The molecular weight excluding hydrogens is 296 g/mol. The SMILES string of the molecule is O=C(O)N1CCCCC1c1ccc(Oc2cc[n+]([O-])cc2)cc1. The maximum atomic E-state index is 11.3. The van der Waals surface area contributed by atoms with Crippen molar-refractivity contribution in [2.24, 2.45) is 0 Å². The number of carbonyl (C=O) groups is 1. The van der Waals surface area contributed by atoms with Gasteiger partial charge < -0.3 is 20.0 Å². The molecule has 0 bridgehead atoms. The van der Waals surface area contributed by atoms with E-state index in [0.717, 1.165) is 24.8 Å². The molecule has 2 aromatic rings. The Kier molecular flexibility index (Phi) is 4.32. The zero-order valence-electron chi connectivity index (χ0n) is 12.6. The van der Waals surface area contributed by atoms with Crippen molar-refractivity contribution in [3.05, 3.63) is 59.6 Å². The van der Waals surface area contributed by atoms with Gasteiger partial charge in [-0.25, -0.2) is 4.79 Å². The Balaban J connectivity index is 1.73. The van der Waals surface area contributed by atoms with Gasteiger partial charge >= 0.3 is 6.09 Å². The van der Waals surface area contributed by atoms with E-state index in [9.17, 15) is 15.1 Å². The summed E-state index contributed by atoms with van der Waals surface area (Å²) in [5.41, 5.74) is 0.977. The van der Waals surface area contributed by atoms with E-state index in [1.165, 1.54) is 17.3 Å². The largest absolute Gasteiger partial charge is 0.619 e. The van der Waals surface area contributed by atoms with Crippen molar-refractivity contribution < 1.29 is 19.4 Å². The summed E-state index contributed by atoms with van der Waals surface area (Å²) in [7, 11) is 0. The van der Waals surface area contributed by atoms with Crippen molar-refractivity contribution >= 4 is 6.09 Å². The van der Waals surface area contributed by atoms with E-state index < -0.39 is 6.09 Å². The number of hydrogen-bond donors (Lipinski definition) is 1. The molecule has 1 aliphatic heterocycles. The number of nitrogens with zero attached hydrogens (tertiary/aromatic N) is 2. The van der Waals surface area contributed by atoms with E-state index >= 15 is 0 Å². The van der Waals surface area contributed by atoms with Gasteiger partial charge in [0.2, 0.25) is 0 Å². The minimum Gasteiger partial charge on any atom is -0.619 e. The number of ether oxygens (including phenoxy) is 1. The second-order valence-electron chi connectivity index (χ2n) is 5.55. The number of aromatic nitrogens is 1. The van der Waals surface area contributed by atoms with Crippen molar-refractivity contribution in [1.82, 2.24) is 4.90 Å².